The Hall–Kier alpha value is -2.69. The molecule has 0 atom stereocenters. The van der Waals surface area contributed by atoms with Crippen molar-refractivity contribution in [2.75, 3.05) is 5.32 Å². The van der Waals surface area contributed by atoms with Gasteiger partial charge in [-0.1, -0.05) is 24.3 Å². The van der Waals surface area contributed by atoms with Crippen LogP contribution in [0.5, 0.6) is 0 Å². The molecule has 3 rings (SSSR count). The number of halogens is 1. The summed E-state index contributed by atoms with van der Waals surface area (Å²) in [5, 5.41) is 10.4. The molecular weight excluding hydrogens is 257 g/mol. The second-order valence-electron chi connectivity index (χ2n) is 4.53. The normalized spacial score (nSPS) is 10.7. The summed E-state index contributed by atoms with van der Waals surface area (Å²) in [5.74, 6) is -0.207. The summed E-state index contributed by atoms with van der Waals surface area (Å²) in [6.07, 6.45) is 0. The fraction of sp³-hybridized carbons (Fsp3) is 0.0667. The van der Waals surface area contributed by atoms with E-state index in [2.05, 4.69) is 15.5 Å². The van der Waals surface area contributed by atoms with Gasteiger partial charge in [0, 0.05) is 22.7 Å². The third kappa shape index (κ3) is 2.14. The lowest BCUT2D eigenvalue weighted by Gasteiger charge is -2.07. The van der Waals surface area contributed by atoms with Crippen LogP contribution in [0.15, 0.2) is 42.5 Å². The lowest BCUT2D eigenvalue weighted by Crippen LogP contribution is -2.12. The van der Waals surface area contributed by atoms with Gasteiger partial charge in [0.25, 0.3) is 5.91 Å². The fourth-order valence-electron chi connectivity index (χ4n) is 2.13. The van der Waals surface area contributed by atoms with Crippen molar-refractivity contribution in [3.8, 4) is 0 Å². The van der Waals surface area contributed by atoms with E-state index in [9.17, 15) is 9.18 Å². The summed E-state index contributed by atoms with van der Waals surface area (Å²) in [6, 6.07) is 11.4. The molecule has 1 amide bonds. The Kier molecular flexibility index (Phi) is 2.95. The van der Waals surface area contributed by atoms with Gasteiger partial charge in [-0.05, 0) is 24.4 Å². The molecule has 0 aliphatic heterocycles. The molecule has 100 valence electrons. The molecule has 3 aromatic rings. The molecule has 20 heavy (non-hydrogen) atoms. The SMILES string of the molecule is Cc1cc(NC(=O)c2ccc(F)c3ccccc23)n[nH]1. The predicted octanol–water partition coefficient (Wildman–Crippen LogP) is 3.26. The number of hydrogen-bond donors (Lipinski definition) is 2. The van der Waals surface area contributed by atoms with Crippen molar-refractivity contribution < 1.29 is 9.18 Å². The van der Waals surface area contributed by atoms with Gasteiger partial charge in [-0.15, -0.1) is 0 Å². The average molecular weight is 269 g/mol. The van der Waals surface area contributed by atoms with E-state index >= 15 is 0 Å². The van der Waals surface area contributed by atoms with Crippen LogP contribution in [0.2, 0.25) is 0 Å². The standard InChI is InChI=1S/C15H12FN3O/c1-9-8-14(19-18-9)17-15(20)12-6-7-13(16)11-5-3-2-4-10(11)12/h2-8H,1H3,(H2,17,18,19,20). The Labute approximate surface area is 114 Å². The number of carbonyl (C=O) groups is 1. The Bertz CT molecular complexity index is 795. The molecule has 1 heterocycles. The summed E-state index contributed by atoms with van der Waals surface area (Å²) >= 11 is 0. The zero-order valence-corrected chi connectivity index (χ0v) is 10.8. The Morgan fingerprint density at radius 3 is 2.65 bits per heavy atom. The zero-order chi connectivity index (χ0) is 14.1. The third-order valence-electron chi connectivity index (χ3n) is 3.06. The molecule has 0 fully saturated rings. The van der Waals surface area contributed by atoms with Gasteiger partial charge in [0.15, 0.2) is 5.82 Å². The number of aromatic nitrogens is 2. The second kappa shape index (κ2) is 4.77. The predicted molar refractivity (Wildman–Crippen MR) is 75.2 cm³/mol. The third-order valence-corrected chi connectivity index (χ3v) is 3.06. The number of benzene rings is 2. The van der Waals surface area contributed by atoms with Crippen molar-refractivity contribution in [2.24, 2.45) is 0 Å². The molecule has 2 aromatic carbocycles. The molecule has 0 saturated heterocycles. The molecule has 0 spiro atoms. The van der Waals surface area contributed by atoms with Crippen LogP contribution in [0, 0.1) is 12.7 Å². The van der Waals surface area contributed by atoms with E-state index in [0.29, 0.717) is 22.2 Å². The summed E-state index contributed by atoms with van der Waals surface area (Å²) in [7, 11) is 0. The van der Waals surface area contributed by atoms with Crippen LogP contribution in [-0.2, 0) is 0 Å². The summed E-state index contributed by atoms with van der Waals surface area (Å²) in [4.78, 5) is 12.3. The molecular formula is C15H12FN3O. The average Bonchev–Trinajstić information content (AvgIpc) is 2.84. The fourth-order valence-corrected chi connectivity index (χ4v) is 2.13. The number of anilines is 1. The Morgan fingerprint density at radius 1 is 1.20 bits per heavy atom. The Balaban J connectivity index is 2.01. The molecule has 2 N–H and O–H groups in total. The highest BCUT2D eigenvalue weighted by molar-refractivity contribution is 6.12. The molecule has 0 saturated carbocycles. The highest BCUT2D eigenvalue weighted by Crippen LogP contribution is 2.22. The van der Waals surface area contributed by atoms with Crippen LogP contribution in [0.4, 0.5) is 10.2 Å². The van der Waals surface area contributed by atoms with Crippen molar-refractivity contribution >= 4 is 22.5 Å². The second-order valence-corrected chi connectivity index (χ2v) is 4.53. The van der Waals surface area contributed by atoms with Gasteiger partial charge in [-0.3, -0.25) is 9.89 Å². The van der Waals surface area contributed by atoms with E-state index in [1.807, 2.05) is 6.92 Å². The van der Waals surface area contributed by atoms with Crippen LogP contribution in [-0.4, -0.2) is 16.1 Å². The summed E-state index contributed by atoms with van der Waals surface area (Å²) in [5.41, 5.74) is 1.27. The van der Waals surface area contributed by atoms with Gasteiger partial charge in [0.2, 0.25) is 0 Å². The molecule has 0 bridgehead atoms. The van der Waals surface area contributed by atoms with E-state index in [-0.39, 0.29) is 11.7 Å². The minimum Gasteiger partial charge on any atom is -0.305 e. The van der Waals surface area contributed by atoms with Crippen LogP contribution in [0.3, 0.4) is 0 Å². The number of hydrogen-bond acceptors (Lipinski definition) is 2. The Morgan fingerprint density at radius 2 is 1.95 bits per heavy atom. The lowest BCUT2D eigenvalue weighted by atomic mass is 10.0. The first-order valence-electron chi connectivity index (χ1n) is 6.16. The van der Waals surface area contributed by atoms with Crippen molar-refractivity contribution in [3.05, 3.63) is 59.5 Å². The highest BCUT2D eigenvalue weighted by atomic mass is 19.1. The van der Waals surface area contributed by atoms with Gasteiger partial charge in [-0.2, -0.15) is 5.10 Å². The maximum Gasteiger partial charge on any atom is 0.257 e. The minimum atomic E-state index is -0.340. The summed E-state index contributed by atoms with van der Waals surface area (Å²) in [6.45, 7) is 1.84. The van der Waals surface area contributed by atoms with Crippen molar-refractivity contribution in [1.82, 2.24) is 10.2 Å². The minimum absolute atomic E-state index is 0.312. The van der Waals surface area contributed by atoms with Gasteiger partial charge < -0.3 is 5.32 Å². The van der Waals surface area contributed by atoms with E-state index in [1.54, 1.807) is 30.3 Å². The van der Waals surface area contributed by atoms with E-state index in [4.69, 9.17) is 0 Å². The number of amides is 1. The van der Waals surface area contributed by atoms with Crippen LogP contribution in [0.25, 0.3) is 10.8 Å². The van der Waals surface area contributed by atoms with E-state index in [0.717, 1.165) is 5.69 Å². The van der Waals surface area contributed by atoms with E-state index < -0.39 is 0 Å². The molecule has 4 nitrogen and oxygen atoms in total. The topological polar surface area (TPSA) is 57.8 Å². The maximum atomic E-state index is 13.7. The van der Waals surface area contributed by atoms with Crippen LogP contribution >= 0.6 is 0 Å². The molecule has 0 aliphatic carbocycles. The van der Waals surface area contributed by atoms with Gasteiger partial charge >= 0.3 is 0 Å². The van der Waals surface area contributed by atoms with Gasteiger partial charge in [0.1, 0.15) is 5.82 Å². The molecule has 0 radical (unpaired) electrons. The first-order chi connectivity index (χ1) is 9.65. The molecule has 5 heteroatoms. The number of H-pyrrole nitrogens is 1. The van der Waals surface area contributed by atoms with Crippen molar-refractivity contribution in [2.45, 2.75) is 6.92 Å². The number of nitrogens with one attached hydrogen (secondary N) is 2. The first-order valence-corrected chi connectivity index (χ1v) is 6.16. The molecule has 0 aliphatic rings. The number of rotatable bonds is 2. The summed E-state index contributed by atoms with van der Waals surface area (Å²) < 4.78 is 13.7. The van der Waals surface area contributed by atoms with Crippen molar-refractivity contribution in [3.63, 3.8) is 0 Å². The van der Waals surface area contributed by atoms with Crippen molar-refractivity contribution in [1.29, 1.82) is 0 Å². The first kappa shape index (κ1) is 12.3. The number of aromatic amines is 1. The van der Waals surface area contributed by atoms with Crippen LogP contribution < -0.4 is 5.32 Å². The van der Waals surface area contributed by atoms with Gasteiger partial charge in [0.05, 0.1) is 0 Å². The monoisotopic (exact) mass is 269 g/mol. The largest absolute Gasteiger partial charge is 0.305 e. The molecule has 0 unspecified atom stereocenters. The maximum absolute atomic E-state index is 13.7. The quantitative estimate of drug-likeness (QED) is 0.750. The van der Waals surface area contributed by atoms with E-state index in [1.165, 1.54) is 12.1 Å². The van der Waals surface area contributed by atoms with Crippen LogP contribution in [0.1, 0.15) is 16.1 Å². The number of fused-ring (bicyclic) bond motifs is 1. The lowest BCUT2D eigenvalue weighted by molar-refractivity contribution is 0.102. The number of nitrogens with zero attached hydrogens (tertiary/aromatic N) is 1. The highest BCUT2D eigenvalue weighted by Gasteiger charge is 2.13. The van der Waals surface area contributed by atoms with Gasteiger partial charge in [-0.25, -0.2) is 4.39 Å². The molecule has 1 aromatic heterocycles. The zero-order valence-electron chi connectivity index (χ0n) is 10.8. The smallest absolute Gasteiger partial charge is 0.257 e. The number of carbonyl (C=O) groups excluding carboxylic acids is 1. The number of aryl methyl sites for hydroxylation is 1.